The van der Waals surface area contributed by atoms with Crippen LogP contribution in [0.25, 0.3) is 0 Å². The quantitative estimate of drug-likeness (QED) is 0.815. The molecule has 0 saturated carbocycles. The number of nitrogens with zero attached hydrogens (tertiary/aromatic N) is 2. The lowest BCUT2D eigenvalue weighted by Gasteiger charge is -2.36. The fourth-order valence-electron chi connectivity index (χ4n) is 3.65. The number of rotatable bonds is 2. The van der Waals surface area contributed by atoms with E-state index in [1.165, 1.54) is 10.5 Å². The molecule has 128 valence electrons. The maximum absolute atomic E-state index is 12.8. The van der Waals surface area contributed by atoms with Crippen LogP contribution in [-0.4, -0.2) is 65.8 Å². The van der Waals surface area contributed by atoms with Gasteiger partial charge < -0.3 is 14.5 Å². The number of ether oxygens (including phenoxy) is 1. The molecule has 24 heavy (non-hydrogen) atoms. The molecule has 3 aliphatic rings. The SMILES string of the molecule is O=C([C@H]1CCCO1)N1CCN(C(=O)[C@H]2Cc3ccccc3S2)CC1. The van der Waals surface area contributed by atoms with Crippen molar-refractivity contribution in [2.45, 2.75) is 35.5 Å². The summed E-state index contributed by atoms with van der Waals surface area (Å²) in [7, 11) is 0. The van der Waals surface area contributed by atoms with E-state index in [0.717, 1.165) is 19.3 Å². The molecule has 6 heteroatoms. The molecule has 0 spiro atoms. The number of hydrogen-bond donors (Lipinski definition) is 0. The molecular weight excluding hydrogens is 324 g/mol. The summed E-state index contributed by atoms with van der Waals surface area (Å²) in [6, 6.07) is 8.25. The van der Waals surface area contributed by atoms with Gasteiger partial charge in [-0.25, -0.2) is 0 Å². The first-order chi connectivity index (χ1) is 11.7. The fraction of sp³-hybridized carbons (Fsp3) is 0.556. The summed E-state index contributed by atoms with van der Waals surface area (Å²) in [5, 5.41) is -0.0113. The van der Waals surface area contributed by atoms with Gasteiger partial charge in [0, 0.05) is 37.7 Å². The van der Waals surface area contributed by atoms with Gasteiger partial charge in [0.05, 0.1) is 5.25 Å². The van der Waals surface area contributed by atoms with Crippen molar-refractivity contribution in [3.63, 3.8) is 0 Å². The van der Waals surface area contributed by atoms with Crippen LogP contribution in [0.3, 0.4) is 0 Å². The number of amides is 2. The molecule has 3 aliphatic heterocycles. The van der Waals surface area contributed by atoms with E-state index in [4.69, 9.17) is 4.74 Å². The maximum atomic E-state index is 12.8. The third-order valence-corrected chi connectivity index (χ3v) is 6.34. The highest BCUT2D eigenvalue weighted by Gasteiger charge is 2.35. The van der Waals surface area contributed by atoms with Crippen molar-refractivity contribution in [1.29, 1.82) is 0 Å². The van der Waals surface area contributed by atoms with Crippen molar-refractivity contribution in [3.8, 4) is 0 Å². The van der Waals surface area contributed by atoms with Crippen LogP contribution < -0.4 is 0 Å². The van der Waals surface area contributed by atoms with Gasteiger partial charge in [-0.3, -0.25) is 9.59 Å². The number of carbonyl (C=O) groups is 2. The number of thioether (sulfide) groups is 1. The number of carbonyl (C=O) groups excluding carboxylic acids is 2. The van der Waals surface area contributed by atoms with E-state index in [1.807, 2.05) is 21.9 Å². The fourth-order valence-corrected chi connectivity index (χ4v) is 4.93. The van der Waals surface area contributed by atoms with Gasteiger partial charge in [0.2, 0.25) is 5.91 Å². The van der Waals surface area contributed by atoms with Crippen LogP contribution in [0.4, 0.5) is 0 Å². The minimum absolute atomic E-state index is 0.0113. The normalized spacial score (nSPS) is 26.5. The first-order valence-electron chi connectivity index (χ1n) is 8.66. The molecule has 1 aromatic carbocycles. The van der Waals surface area contributed by atoms with Gasteiger partial charge in [-0.15, -0.1) is 11.8 Å². The van der Waals surface area contributed by atoms with Crippen LogP contribution >= 0.6 is 11.8 Å². The Bertz CT molecular complexity index is 612. The second kappa shape index (κ2) is 6.76. The summed E-state index contributed by atoms with van der Waals surface area (Å²) >= 11 is 1.67. The van der Waals surface area contributed by atoms with E-state index < -0.39 is 0 Å². The Morgan fingerprint density at radius 1 is 1.04 bits per heavy atom. The first-order valence-corrected chi connectivity index (χ1v) is 9.54. The van der Waals surface area contributed by atoms with Crippen LogP contribution in [0.2, 0.25) is 0 Å². The first kappa shape index (κ1) is 16.0. The van der Waals surface area contributed by atoms with Crippen LogP contribution in [0.5, 0.6) is 0 Å². The van der Waals surface area contributed by atoms with Gasteiger partial charge in [0.15, 0.2) is 0 Å². The Kier molecular flexibility index (Phi) is 4.50. The topological polar surface area (TPSA) is 49.9 Å². The summed E-state index contributed by atoms with van der Waals surface area (Å²) in [5.74, 6) is 0.308. The van der Waals surface area contributed by atoms with Crippen molar-refractivity contribution in [2.24, 2.45) is 0 Å². The zero-order valence-corrected chi connectivity index (χ0v) is 14.5. The van der Waals surface area contributed by atoms with Crippen LogP contribution in [-0.2, 0) is 20.7 Å². The third-order valence-electron chi connectivity index (χ3n) is 5.03. The van der Waals surface area contributed by atoms with E-state index in [1.54, 1.807) is 11.8 Å². The Labute approximate surface area is 146 Å². The van der Waals surface area contributed by atoms with E-state index in [9.17, 15) is 9.59 Å². The lowest BCUT2D eigenvalue weighted by molar-refractivity contribution is -0.145. The van der Waals surface area contributed by atoms with Crippen molar-refractivity contribution in [3.05, 3.63) is 29.8 Å². The lowest BCUT2D eigenvalue weighted by atomic mass is 10.1. The highest BCUT2D eigenvalue weighted by molar-refractivity contribution is 8.01. The van der Waals surface area contributed by atoms with Gasteiger partial charge >= 0.3 is 0 Å². The van der Waals surface area contributed by atoms with E-state index in [0.29, 0.717) is 32.8 Å². The van der Waals surface area contributed by atoms with E-state index >= 15 is 0 Å². The highest BCUT2D eigenvalue weighted by atomic mass is 32.2. The van der Waals surface area contributed by atoms with Crippen LogP contribution in [0.1, 0.15) is 18.4 Å². The highest BCUT2D eigenvalue weighted by Crippen LogP contribution is 2.37. The molecule has 5 nitrogen and oxygen atoms in total. The number of piperazine rings is 1. The van der Waals surface area contributed by atoms with Gasteiger partial charge in [0.1, 0.15) is 6.10 Å². The van der Waals surface area contributed by atoms with Crippen LogP contribution in [0, 0.1) is 0 Å². The molecule has 0 unspecified atom stereocenters. The van der Waals surface area contributed by atoms with Crippen molar-refractivity contribution in [1.82, 2.24) is 9.80 Å². The number of benzene rings is 1. The Morgan fingerprint density at radius 3 is 2.42 bits per heavy atom. The molecule has 2 amide bonds. The molecule has 4 rings (SSSR count). The summed E-state index contributed by atoms with van der Waals surface area (Å²) < 4.78 is 5.48. The lowest BCUT2D eigenvalue weighted by Crippen LogP contribution is -2.54. The summed E-state index contributed by atoms with van der Waals surface area (Å²) in [6.07, 6.45) is 2.35. The van der Waals surface area contributed by atoms with Crippen molar-refractivity contribution in [2.75, 3.05) is 32.8 Å². The third kappa shape index (κ3) is 3.05. The molecule has 2 saturated heterocycles. The molecule has 0 radical (unpaired) electrons. The Balaban J connectivity index is 1.31. The second-order valence-electron chi connectivity index (χ2n) is 6.57. The molecular formula is C18H22N2O3S. The average Bonchev–Trinajstić information content (AvgIpc) is 3.30. The molecule has 0 N–H and O–H groups in total. The molecule has 0 aromatic heterocycles. The van der Waals surface area contributed by atoms with Crippen LogP contribution in [0.15, 0.2) is 29.2 Å². The number of hydrogen-bond acceptors (Lipinski definition) is 4. The molecule has 3 heterocycles. The Morgan fingerprint density at radius 2 is 1.75 bits per heavy atom. The van der Waals surface area contributed by atoms with Gasteiger partial charge in [-0.1, -0.05) is 18.2 Å². The van der Waals surface area contributed by atoms with Crippen molar-refractivity contribution >= 4 is 23.6 Å². The second-order valence-corrected chi connectivity index (χ2v) is 7.82. The Hall–Kier alpha value is -1.53. The van der Waals surface area contributed by atoms with Gasteiger partial charge in [-0.2, -0.15) is 0 Å². The smallest absolute Gasteiger partial charge is 0.251 e. The predicted molar refractivity (Wildman–Crippen MR) is 91.9 cm³/mol. The average molecular weight is 346 g/mol. The van der Waals surface area contributed by atoms with E-state index in [2.05, 4.69) is 12.1 Å². The largest absolute Gasteiger partial charge is 0.368 e. The summed E-state index contributed by atoms with van der Waals surface area (Å²) in [6.45, 7) is 3.19. The predicted octanol–water partition coefficient (Wildman–Crippen LogP) is 1.55. The minimum atomic E-state index is -0.257. The zero-order valence-electron chi connectivity index (χ0n) is 13.6. The molecule has 0 bridgehead atoms. The minimum Gasteiger partial charge on any atom is -0.368 e. The van der Waals surface area contributed by atoms with Gasteiger partial charge in [-0.05, 0) is 30.9 Å². The monoisotopic (exact) mass is 346 g/mol. The maximum Gasteiger partial charge on any atom is 0.251 e. The molecule has 2 fully saturated rings. The molecule has 1 aromatic rings. The molecule has 2 atom stereocenters. The van der Waals surface area contributed by atoms with Gasteiger partial charge in [0.25, 0.3) is 5.91 Å². The number of fused-ring (bicyclic) bond motifs is 1. The standard InChI is InChI=1S/C18H22N2O3S/c21-17(14-5-3-11-23-14)19-7-9-20(10-8-19)18(22)16-12-13-4-1-2-6-15(13)24-16/h1-2,4,6,14,16H,3,5,7-12H2/t14-,16-/m1/s1. The van der Waals surface area contributed by atoms with Crippen molar-refractivity contribution < 1.29 is 14.3 Å². The summed E-state index contributed by atoms with van der Waals surface area (Å²) in [5.41, 5.74) is 1.27. The zero-order chi connectivity index (χ0) is 16.5. The summed E-state index contributed by atoms with van der Waals surface area (Å²) in [4.78, 5) is 30.2. The molecule has 0 aliphatic carbocycles. The van der Waals surface area contributed by atoms with E-state index in [-0.39, 0.29) is 23.2 Å².